The molecule has 0 aliphatic heterocycles. The molecular weight excluding hydrogens is 236 g/mol. The van der Waals surface area contributed by atoms with Crippen molar-refractivity contribution in [3.05, 3.63) is 24.0 Å². The van der Waals surface area contributed by atoms with Crippen molar-refractivity contribution in [1.29, 1.82) is 0 Å². The van der Waals surface area contributed by atoms with E-state index in [0.717, 1.165) is 36.9 Å². The van der Waals surface area contributed by atoms with E-state index in [1.165, 1.54) is 25.7 Å². The Balaban J connectivity index is 1.86. The van der Waals surface area contributed by atoms with E-state index in [2.05, 4.69) is 36.3 Å². The molecule has 0 radical (unpaired) electrons. The van der Waals surface area contributed by atoms with E-state index in [1.807, 2.05) is 6.20 Å². The summed E-state index contributed by atoms with van der Waals surface area (Å²) >= 11 is 0. The van der Waals surface area contributed by atoms with E-state index >= 15 is 0 Å². The Kier molecular flexibility index (Phi) is 5.64. The number of ether oxygens (including phenoxy) is 1. The van der Waals surface area contributed by atoms with E-state index in [9.17, 15) is 0 Å². The maximum absolute atomic E-state index is 5.84. The van der Waals surface area contributed by atoms with Gasteiger partial charge in [-0.2, -0.15) is 0 Å². The van der Waals surface area contributed by atoms with Gasteiger partial charge in [0.2, 0.25) is 0 Å². The number of nitrogens with one attached hydrogen (secondary N) is 1. The van der Waals surface area contributed by atoms with Crippen LogP contribution in [0.25, 0.3) is 0 Å². The number of pyridine rings is 1. The molecule has 3 nitrogen and oxygen atoms in total. The zero-order valence-corrected chi connectivity index (χ0v) is 12.2. The molecule has 1 saturated carbocycles. The number of rotatable bonds is 7. The summed E-state index contributed by atoms with van der Waals surface area (Å²) in [4.78, 5) is 4.53. The molecular formula is C16H26N2O. The normalized spacial score (nSPS) is 17.6. The fourth-order valence-corrected chi connectivity index (χ4v) is 2.78. The molecule has 1 atom stereocenters. The van der Waals surface area contributed by atoms with Crippen LogP contribution in [0.5, 0.6) is 5.75 Å². The fraction of sp³-hybridized carbons (Fsp3) is 0.688. The molecule has 1 fully saturated rings. The summed E-state index contributed by atoms with van der Waals surface area (Å²) in [7, 11) is 0. The molecule has 0 aromatic carbocycles. The van der Waals surface area contributed by atoms with Gasteiger partial charge in [0.25, 0.3) is 0 Å². The van der Waals surface area contributed by atoms with E-state index in [-0.39, 0.29) is 0 Å². The zero-order valence-electron chi connectivity index (χ0n) is 12.2. The maximum atomic E-state index is 5.84. The van der Waals surface area contributed by atoms with E-state index < -0.39 is 0 Å². The van der Waals surface area contributed by atoms with Gasteiger partial charge < -0.3 is 10.1 Å². The van der Waals surface area contributed by atoms with Crippen LogP contribution >= 0.6 is 0 Å². The number of aromatic nitrogens is 1. The molecule has 1 aliphatic carbocycles. The molecule has 19 heavy (non-hydrogen) atoms. The van der Waals surface area contributed by atoms with Crippen LogP contribution in [-0.2, 0) is 0 Å². The van der Waals surface area contributed by atoms with E-state index in [0.29, 0.717) is 6.04 Å². The van der Waals surface area contributed by atoms with Gasteiger partial charge in [0.05, 0.1) is 18.5 Å². The van der Waals surface area contributed by atoms with Crippen LogP contribution < -0.4 is 10.1 Å². The Morgan fingerprint density at radius 2 is 2.11 bits per heavy atom. The third-order valence-electron chi connectivity index (χ3n) is 3.94. The Morgan fingerprint density at radius 3 is 2.68 bits per heavy atom. The summed E-state index contributed by atoms with van der Waals surface area (Å²) in [5, 5.41) is 3.44. The molecule has 3 heteroatoms. The largest absolute Gasteiger partial charge is 0.492 e. The molecule has 0 spiro atoms. The van der Waals surface area contributed by atoms with Crippen LogP contribution in [0.2, 0.25) is 0 Å². The van der Waals surface area contributed by atoms with Gasteiger partial charge in [0, 0.05) is 6.04 Å². The van der Waals surface area contributed by atoms with Crippen LogP contribution in [0.1, 0.15) is 57.7 Å². The van der Waals surface area contributed by atoms with Gasteiger partial charge in [-0.3, -0.25) is 4.98 Å². The van der Waals surface area contributed by atoms with Crippen molar-refractivity contribution < 1.29 is 4.74 Å². The zero-order chi connectivity index (χ0) is 13.5. The summed E-state index contributed by atoms with van der Waals surface area (Å²) in [6.45, 7) is 6.13. The van der Waals surface area contributed by atoms with Gasteiger partial charge in [-0.15, -0.1) is 0 Å². The molecule has 1 unspecified atom stereocenters. The Labute approximate surface area is 116 Å². The smallest absolute Gasteiger partial charge is 0.137 e. The summed E-state index contributed by atoms with van der Waals surface area (Å²) in [5.41, 5.74) is 1.11. The highest BCUT2D eigenvalue weighted by atomic mass is 16.5. The first kappa shape index (κ1) is 14.3. The second-order valence-corrected chi connectivity index (χ2v) is 5.40. The minimum absolute atomic E-state index is 0.355. The van der Waals surface area contributed by atoms with Crippen LogP contribution in [0.3, 0.4) is 0 Å². The first-order chi connectivity index (χ1) is 9.33. The van der Waals surface area contributed by atoms with Crippen molar-refractivity contribution in [2.45, 2.75) is 52.0 Å². The third-order valence-corrected chi connectivity index (χ3v) is 3.94. The van der Waals surface area contributed by atoms with E-state index in [4.69, 9.17) is 4.74 Å². The molecule has 1 aromatic rings. The second kappa shape index (κ2) is 7.49. The van der Waals surface area contributed by atoms with Crippen molar-refractivity contribution in [1.82, 2.24) is 10.3 Å². The van der Waals surface area contributed by atoms with Gasteiger partial charge >= 0.3 is 0 Å². The van der Waals surface area contributed by atoms with Crippen molar-refractivity contribution in [2.75, 3.05) is 13.2 Å². The molecule has 0 bridgehead atoms. The Hall–Kier alpha value is -1.09. The van der Waals surface area contributed by atoms with E-state index in [1.54, 1.807) is 0 Å². The standard InChI is InChI=1S/C16H26N2O/c1-3-15(17-4-2)16-10-9-14(11-18-16)19-12-13-7-5-6-8-13/h9-11,13,15,17H,3-8,12H2,1-2H3. The summed E-state index contributed by atoms with van der Waals surface area (Å²) in [6, 6.07) is 4.49. The molecule has 1 aromatic heterocycles. The van der Waals surface area contributed by atoms with Crippen molar-refractivity contribution in [2.24, 2.45) is 5.92 Å². The Morgan fingerprint density at radius 1 is 1.32 bits per heavy atom. The lowest BCUT2D eigenvalue weighted by atomic mass is 10.1. The maximum Gasteiger partial charge on any atom is 0.137 e. The van der Waals surface area contributed by atoms with Crippen LogP contribution in [0, 0.1) is 5.92 Å². The van der Waals surface area contributed by atoms with Crippen LogP contribution in [-0.4, -0.2) is 18.1 Å². The molecule has 2 rings (SSSR count). The first-order valence-corrected chi connectivity index (χ1v) is 7.65. The van der Waals surface area contributed by atoms with Gasteiger partial charge in [0.1, 0.15) is 5.75 Å². The lowest BCUT2D eigenvalue weighted by Gasteiger charge is -2.16. The number of hydrogen-bond donors (Lipinski definition) is 1. The average Bonchev–Trinajstić information content (AvgIpc) is 2.96. The topological polar surface area (TPSA) is 34.1 Å². The highest BCUT2D eigenvalue weighted by Crippen LogP contribution is 2.25. The summed E-state index contributed by atoms with van der Waals surface area (Å²) in [6.07, 6.45) is 8.30. The van der Waals surface area contributed by atoms with Gasteiger partial charge in [-0.1, -0.05) is 26.7 Å². The molecule has 106 valence electrons. The first-order valence-electron chi connectivity index (χ1n) is 7.65. The molecule has 1 aliphatic rings. The van der Waals surface area contributed by atoms with Crippen molar-refractivity contribution in [3.8, 4) is 5.75 Å². The molecule has 1 N–H and O–H groups in total. The minimum Gasteiger partial charge on any atom is -0.492 e. The monoisotopic (exact) mass is 262 g/mol. The second-order valence-electron chi connectivity index (χ2n) is 5.40. The predicted molar refractivity (Wildman–Crippen MR) is 78.4 cm³/mol. The highest BCUT2D eigenvalue weighted by molar-refractivity contribution is 5.21. The minimum atomic E-state index is 0.355. The van der Waals surface area contributed by atoms with Crippen molar-refractivity contribution >= 4 is 0 Å². The van der Waals surface area contributed by atoms with Gasteiger partial charge in [-0.05, 0) is 43.9 Å². The summed E-state index contributed by atoms with van der Waals surface area (Å²) in [5.74, 6) is 1.66. The average molecular weight is 262 g/mol. The SMILES string of the molecule is CCNC(CC)c1ccc(OCC2CCCC2)cn1. The molecule has 0 saturated heterocycles. The lowest BCUT2D eigenvalue weighted by Crippen LogP contribution is -2.21. The number of nitrogens with zero attached hydrogens (tertiary/aromatic N) is 1. The van der Waals surface area contributed by atoms with Crippen LogP contribution in [0.15, 0.2) is 18.3 Å². The predicted octanol–water partition coefficient (Wildman–Crippen LogP) is 3.71. The number of hydrogen-bond acceptors (Lipinski definition) is 3. The lowest BCUT2D eigenvalue weighted by molar-refractivity contribution is 0.251. The highest BCUT2D eigenvalue weighted by Gasteiger charge is 2.15. The molecule has 1 heterocycles. The third kappa shape index (κ3) is 4.20. The molecule has 0 amide bonds. The fourth-order valence-electron chi connectivity index (χ4n) is 2.78. The summed E-state index contributed by atoms with van der Waals surface area (Å²) < 4.78 is 5.84. The van der Waals surface area contributed by atoms with Gasteiger partial charge in [0.15, 0.2) is 0 Å². The van der Waals surface area contributed by atoms with Crippen molar-refractivity contribution in [3.63, 3.8) is 0 Å². The van der Waals surface area contributed by atoms with Gasteiger partial charge in [-0.25, -0.2) is 0 Å². The van der Waals surface area contributed by atoms with Crippen LogP contribution in [0.4, 0.5) is 0 Å². The quantitative estimate of drug-likeness (QED) is 0.813. The Bertz CT molecular complexity index is 358.